The molecular formula is C12H21NSn. The van der Waals surface area contributed by atoms with E-state index in [1.807, 2.05) is 0 Å². The zero-order chi connectivity index (χ0) is 10.8. The van der Waals surface area contributed by atoms with Gasteiger partial charge in [-0.3, -0.25) is 0 Å². The fraction of sp³-hybridized carbons (Fsp3) is 0.500. The number of nitrogens with zero attached hydrogens (tertiary/aromatic N) is 1. The Labute approximate surface area is 92.0 Å². The molecule has 0 aliphatic heterocycles. The molecule has 0 bridgehead atoms. The molecule has 0 radical (unpaired) electrons. The van der Waals surface area contributed by atoms with Gasteiger partial charge in [-0.05, 0) is 0 Å². The Balaban J connectivity index is 2.96. The fourth-order valence-corrected chi connectivity index (χ4v) is 5.78. The SMILES string of the molecule is CN(C)c1ccccc1[CH2][Sn]([CH3])([CH3])[CH3]. The van der Waals surface area contributed by atoms with E-state index < -0.39 is 18.4 Å². The molecule has 0 heterocycles. The van der Waals surface area contributed by atoms with E-state index in [4.69, 9.17) is 0 Å². The molecule has 1 aromatic carbocycles. The van der Waals surface area contributed by atoms with Crippen LogP contribution in [0.1, 0.15) is 5.56 Å². The summed E-state index contributed by atoms with van der Waals surface area (Å²) in [5, 5.41) is 0. The van der Waals surface area contributed by atoms with Crippen LogP contribution < -0.4 is 4.90 Å². The summed E-state index contributed by atoms with van der Waals surface area (Å²) in [7, 11) is 4.24. The van der Waals surface area contributed by atoms with Crippen molar-refractivity contribution in [1.29, 1.82) is 0 Å². The summed E-state index contributed by atoms with van der Waals surface area (Å²) >= 11 is -1.70. The maximum atomic E-state index is 2.49. The first-order chi connectivity index (χ1) is 6.40. The summed E-state index contributed by atoms with van der Waals surface area (Å²) in [6, 6.07) is 8.77. The van der Waals surface area contributed by atoms with Gasteiger partial charge in [-0.1, -0.05) is 0 Å². The van der Waals surface area contributed by atoms with Gasteiger partial charge in [0.25, 0.3) is 0 Å². The molecule has 0 spiro atoms. The van der Waals surface area contributed by atoms with Crippen LogP contribution in [0.5, 0.6) is 0 Å². The van der Waals surface area contributed by atoms with Gasteiger partial charge in [-0.2, -0.15) is 0 Å². The van der Waals surface area contributed by atoms with Gasteiger partial charge in [0.15, 0.2) is 0 Å². The number of benzene rings is 1. The van der Waals surface area contributed by atoms with Crippen molar-refractivity contribution in [1.82, 2.24) is 0 Å². The molecule has 0 aliphatic rings. The molecule has 14 heavy (non-hydrogen) atoms. The minimum atomic E-state index is -1.70. The first-order valence-corrected chi connectivity index (χ1v) is 15.7. The third-order valence-electron chi connectivity index (χ3n) is 2.19. The predicted octanol–water partition coefficient (Wildman–Crippen LogP) is 3.17. The first kappa shape index (κ1) is 11.9. The van der Waals surface area contributed by atoms with E-state index >= 15 is 0 Å². The molecule has 2 heteroatoms. The van der Waals surface area contributed by atoms with Crippen molar-refractivity contribution in [2.24, 2.45) is 0 Å². The summed E-state index contributed by atoms with van der Waals surface area (Å²) in [4.78, 5) is 9.68. The monoisotopic (exact) mass is 299 g/mol. The van der Waals surface area contributed by atoms with Gasteiger partial charge >= 0.3 is 92.1 Å². The first-order valence-electron chi connectivity index (χ1n) is 5.15. The van der Waals surface area contributed by atoms with Gasteiger partial charge in [0, 0.05) is 0 Å². The van der Waals surface area contributed by atoms with E-state index in [9.17, 15) is 0 Å². The molecule has 0 saturated heterocycles. The second-order valence-corrected chi connectivity index (χ2v) is 20.9. The van der Waals surface area contributed by atoms with Crippen molar-refractivity contribution in [3.63, 3.8) is 0 Å². The van der Waals surface area contributed by atoms with Crippen LogP contribution in [-0.4, -0.2) is 32.5 Å². The Morgan fingerprint density at radius 1 is 1.07 bits per heavy atom. The van der Waals surface area contributed by atoms with Gasteiger partial charge in [-0.15, -0.1) is 0 Å². The van der Waals surface area contributed by atoms with Gasteiger partial charge < -0.3 is 0 Å². The molecular weight excluding hydrogens is 277 g/mol. The van der Waals surface area contributed by atoms with Crippen molar-refractivity contribution < 1.29 is 0 Å². The maximum absolute atomic E-state index is 2.49. The summed E-state index contributed by atoms with van der Waals surface area (Å²) in [6.45, 7) is 0. The number of para-hydroxylation sites is 1. The van der Waals surface area contributed by atoms with Crippen LogP contribution in [0.15, 0.2) is 24.3 Å². The van der Waals surface area contributed by atoms with Crippen molar-refractivity contribution in [3.05, 3.63) is 29.8 Å². The van der Waals surface area contributed by atoms with Crippen LogP contribution in [0, 0.1) is 0 Å². The van der Waals surface area contributed by atoms with Gasteiger partial charge in [0.2, 0.25) is 0 Å². The zero-order valence-electron chi connectivity index (χ0n) is 9.96. The summed E-state index contributed by atoms with van der Waals surface area (Å²) in [6.07, 6.45) is 0. The van der Waals surface area contributed by atoms with Gasteiger partial charge in [0.05, 0.1) is 0 Å². The molecule has 1 rings (SSSR count). The van der Waals surface area contributed by atoms with E-state index in [1.165, 1.54) is 15.7 Å². The van der Waals surface area contributed by atoms with Crippen LogP contribution in [0.3, 0.4) is 0 Å². The van der Waals surface area contributed by atoms with Gasteiger partial charge in [0.1, 0.15) is 0 Å². The van der Waals surface area contributed by atoms with Crippen molar-refractivity contribution in [3.8, 4) is 0 Å². The molecule has 0 atom stereocenters. The average Bonchev–Trinajstić information content (AvgIpc) is 2.01. The van der Waals surface area contributed by atoms with Gasteiger partial charge in [-0.25, -0.2) is 0 Å². The second-order valence-electron chi connectivity index (χ2n) is 5.26. The van der Waals surface area contributed by atoms with E-state index in [-0.39, 0.29) is 0 Å². The van der Waals surface area contributed by atoms with Crippen LogP contribution in [-0.2, 0) is 4.44 Å². The Kier molecular flexibility index (Phi) is 3.87. The fourth-order valence-electron chi connectivity index (χ4n) is 1.67. The Morgan fingerprint density at radius 3 is 2.14 bits per heavy atom. The van der Waals surface area contributed by atoms with Crippen LogP contribution in [0.2, 0.25) is 14.8 Å². The normalized spacial score (nSPS) is 11.5. The molecule has 0 fully saturated rings. The molecule has 0 amide bonds. The zero-order valence-corrected chi connectivity index (χ0v) is 12.8. The number of hydrogen-bond donors (Lipinski definition) is 0. The Morgan fingerprint density at radius 2 is 1.64 bits per heavy atom. The Hall–Kier alpha value is -0.181. The van der Waals surface area contributed by atoms with Crippen molar-refractivity contribution in [2.45, 2.75) is 19.3 Å². The number of anilines is 1. The number of rotatable bonds is 3. The second kappa shape index (κ2) is 4.56. The van der Waals surface area contributed by atoms with Crippen molar-refractivity contribution in [2.75, 3.05) is 19.0 Å². The van der Waals surface area contributed by atoms with Crippen LogP contribution in [0.4, 0.5) is 5.69 Å². The standard InChI is InChI=1S/C9H12N.3CH3.Sn/c1-8-6-4-5-7-9(8)10(2)3;;;;/h4-7H,1H2,2-3H3;3*1H3;. The van der Waals surface area contributed by atoms with Crippen LogP contribution >= 0.6 is 0 Å². The molecule has 1 aromatic rings. The molecule has 0 aliphatic carbocycles. The molecule has 0 saturated carbocycles. The molecule has 78 valence electrons. The third kappa shape index (κ3) is 3.52. The molecule has 0 unspecified atom stereocenters. The van der Waals surface area contributed by atoms with Crippen LogP contribution in [0.25, 0.3) is 0 Å². The van der Waals surface area contributed by atoms with E-state index in [0.717, 1.165) is 0 Å². The summed E-state index contributed by atoms with van der Waals surface area (Å²) in [5.74, 6) is 0. The topological polar surface area (TPSA) is 3.24 Å². The third-order valence-corrected chi connectivity index (χ3v) is 6.31. The van der Waals surface area contributed by atoms with E-state index in [0.29, 0.717) is 0 Å². The van der Waals surface area contributed by atoms with Crippen molar-refractivity contribution >= 4 is 24.1 Å². The summed E-state index contributed by atoms with van der Waals surface area (Å²) < 4.78 is 1.34. The summed E-state index contributed by atoms with van der Waals surface area (Å²) in [5.41, 5.74) is 2.92. The number of hydrogen-bond acceptors (Lipinski definition) is 1. The predicted molar refractivity (Wildman–Crippen MR) is 67.8 cm³/mol. The quantitative estimate of drug-likeness (QED) is 0.775. The van der Waals surface area contributed by atoms with E-state index in [1.54, 1.807) is 0 Å². The Bertz CT molecular complexity index is 299. The average molecular weight is 298 g/mol. The minimum absolute atomic E-state index is 1.34. The molecule has 0 N–H and O–H groups in total. The van der Waals surface area contributed by atoms with E-state index in [2.05, 4.69) is 58.1 Å². The molecule has 1 nitrogen and oxygen atoms in total. The molecule has 0 aromatic heterocycles.